The van der Waals surface area contributed by atoms with Crippen LogP contribution in [-0.4, -0.2) is 14.5 Å². The Morgan fingerprint density at radius 1 is 1.37 bits per heavy atom. The van der Waals surface area contributed by atoms with Crippen molar-refractivity contribution in [2.75, 3.05) is 0 Å². The Morgan fingerprint density at radius 2 is 2.21 bits per heavy atom. The fourth-order valence-corrected chi connectivity index (χ4v) is 2.82. The van der Waals surface area contributed by atoms with Crippen LogP contribution in [0, 0.1) is 16.1 Å². The lowest BCUT2D eigenvalue weighted by atomic mass is 10.2. The summed E-state index contributed by atoms with van der Waals surface area (Å²) in [5.74, 6) is 0. The van der Waals surface area contributed by atoms with E-state index in [4.69, 9.17) is 17.5 Å². The van der Waals surface area contributed by atoms with Gasteiger partial charge in [-0.3, -0.25) is 9.55 Å². The molecule has 0 bridgehead atoms. The summed E-state index contributed by atoms with van der Waals surface area (Å²) in [4.78, 5) is 7.18. The van der Waals surface area contributed by atoms with Crippen LogP contribution in [-0.2, 0) is 0 Å². The summed E-state index contributed by atoms with van der Waals surface area (Å²) < 4.78 is 3.33. The van der Waals surface area contributed by atoms with Gasteiger partial charge in [0, 0.05) is 10.7 Å². The summed E-state index contributed by atoms with van der Waals surface area (Å²) in [5, 5.41) is 8.90. The number of hydrogen-bond acceptors (Lipinski definition) is 3. The fourth-order valence-electron chi connectivity index (χ4n) is 1.96. The van der Waals surface area contributed by atoms with E-state index in [1.54, 1.807) is 24.5 Å². The number of nitrogens with one attached hydrogen (secondary N) is 1. The van der Waals surface area contributed by atoms with E-state index in [9.17, 15) is 0 Å². The lowest BCUT2D eigenvalue weighted by molar-refractivity contribution is 1.06. The minimum absolute atomic E-state index is 0.591. The summed E-state index contributed by atoms with van der Waals surface area (Å²) in [7, 11) is 0. The van der Waals surface area contributed by atoms with Crippen molar-refractivity contribution in [3.63, 3.8) is 0 Å². The zero-order valence-electron chi connectivity index (χ0n) is 9.59. The van der Waals surface area contributed by atoms with E-state index in [0.29, 0.717) is 10.3 Å². The normalized spacial score (nSPS) is 10.5. The van der Waals surface area contributed by atoms with E-state index in [1.165, 1.54) is 0 Å². The number of aromatic nitrogens is 3. The molecule has 0 atom stereocenters. The summed E-state index contributed by atoms with van der Waals surface area (Å²) in [6.45, 7) is 0. The Hall–Kier alpha value is -1.97. The van der Waals surface area contributed by atoms with Crippen LogP contribution in [0.2, 0.25) is 0 Å². The molecule has 0 saturated heterocycles. The van der Waals surface area contributed by atoms with Crippen LogP contribution in [0.4, 0.5) is 0 Å². The molecule has 19 heavy (non-hydrogen) atoms. The number of nitriles is 1. The summed E-state index contributed by atoms with van der Waals surface area (Å²) in [6.07, 6.45) is 3.46. The number of nitrogens with zero attached hydrogens (tertiary/aromatic N) is 3. The molecule has 3 aromatic rings. The quantitative estimate of drug-likeness (QED) is 0.692. The largest absolute Gasteiger partial charge is 0.329 e. The van der Waals surface area contributed by atoms with Crippen molar-refractivity contribution in [3.8, 4) is 11.8 Å². The first-order chi connectivity index (χ1) is 9.20. The average molecular weight is 331 g/mol. The molecule has 6 heteroatoms. The van der Waals surface area contributed by atoms with Gasteiger partial charge in [0.1, 0.15) is 0 Å². The molecule has 0 aliphatic rings. The third-order valence-corrected chi connectivity index (χ3v) is 3.72. The van der Waals surface area contributed by atoms with Crippen LogP contribution in [0.5, 0.6) is 0 Å². The zero-order valence-corrected chi connectivity index (χ0v) is 12.0. The summed E-state index contributed by atoms with van der Waals surface area (Å²) in [5.41, 5.74) is 3.32. The number of rotatable bonds is 1. The molecule has 0 saturated carbocycles. The Balaban J connectivity index is 2.34. The molecular formula is C13H7BrN4S. The van der Waals surface area contributed by atoms with Crippen molar-refractivity contribution in [1.82, 2.24) is 14.5 Å². The van der Waals surface area contributed by atoms with E-state index in [-0.39, 0.29) is 0 Å². The van der Waals surface area contributed by atoms with Crippen molar-refractivity contribution in [3.05, 3.63) is 51.5 Å². The first-order valence-electron chi connectivity index (χ1n) is 5.45. The molecular weight excluding hydrogens is 324 g/mol. The number of pyridine rings is 1. The van der Waals surface area contributed by atoms with E-state index in [2.05, 4.69) is 32.0 Å². The van der Waals surface area contributed by atoms with Crippen molar-refractivity contribution in [1.29, 1.82) is 5.26 Å². The first-order valence-corrected chi connectivity index (χ1v) is 6.65. The maximum atomic E-state index is 8.90. The molecule has 0 unspecified atom stereocenters. The van der Waals surface area contributed by atoms with Gasteiger partial charge in [-0.1, -0.05) is 0 Å². The SMILES string of the molecule is N#Cc1ccc(-n2c(=S)[nH]c3cnccc32)c(Br)c1. The third kappa shape index (κ3) is 1.97. The fraction of sp³-hybridized carbons (Fsp3) is 0. The molecule has 2 aromatic heterocycles. The van der Waals surface area contributed by atoms with Gasteiger partial charge >= 0.3 is 0 Å². The number of H-pyrrole nitrogens is 1. The highest BCUT2D eigenvalue weighted by atomic mass is 79.9. The van der Waals surface area contributed by atoms with Crippen LogP contribution < -0.4 is 0 Å². The van der Waals surface area contributed by atoms with Crippen LogP contribution >= 0.6 is 28.1 Å². The minimum Gasteiger partial charge on any atom is -0.329 e. The number of aromatic amines is 1. The zero-order chi connectivity index (χ0) is 13.4. The van der Waals surface area contributed by atoms with E-state index in [1.807, 2.05) is 16.7 Å². The van der Waals surface area contributed by atoms with Gasteiger partial charge in [0.15, 0.2) is 4.77 Å². The van der Waals surface area contributed by atoms with Crippen molar-refractivity contribution in [2.24, 2.45) is 0 Å². The molecule has 4 nitrogen and oxygen atoms in total. The molecule has 3 rings (SSSR count). The van der Waals surface area contributed by atoms with Crippen molar-refractivity contribution < 1.29 is 0 Å². The first kappa shape index (κ1) is 12.1. The molecule has 0 aliphatic carbocycles. The monoisotopic (exact) mass is 330 g/mol. The lowest BCUT2D eigenvalue weighted by Crippen LogP contribution is -1.95. The maximum Gasteiger partial charge on any atom is 0.182 e. The van der Waals surface area contributed by atoms with E-state index >= 15 is 0 Å². The molecule has 0 aliphatic heterocycles. The van der Waals surface area contributed by atoms with Gasteiger partial charge in [0.25, 0.3) is 0 Å². The maximum absolute atomic E-state index is 8.90. The summed E-state index contributed by atoms with van der Waals surface area (Å²) >= 11 is 8.83. The topological polar surface area (TPSA) is 57.4 Å². The van der Waals surface area contributed by atoms with Gasteiger partial charge in [-0.15, -0.1) is 0 Å². The lowest BCUT2D eigenvalue weighted by Gasteiger charge is -2.07. The molecule has 2 heterocycles. The Morgan fingerprint density at radius 3 is 2.95 bits per heavy atom. The Bertz CT molecular complexity index is 872. The number of hydrogen-bond donors (Lipinski definition) is 1. The highest BCUT2D eigenvalue weighted by Crippen LogP contribution is 2.26. The predicted molar refractivity (Wildman–Crippen MR) is 78.7 cm³/mol. The predicted octanol–water partition coefficient (Wildman–Crippen LogP) is 3.72. The molecule has 1 N–H and O–H groups in total. The molecule has 0 spiro atoms. The Labute approximate surface area is 122 Å². The molecule has 1 aromatic carbocycles. The van der Waals surface area contributed by atoms with Gasteiger partial charge < -0.3 is 4.98 Å². The van der Waals surface area contributed by atoms with E-state index in [0.717, 1.165) is 21.2 Å². The molecule has 0 fully saturated rings. The van der Waals surface area contributed by atoms with Crippen LogP contribution in [0.3, 0.4) is 0 Å². The van der Waals surface area contributed by atoms with Crippen molar-refractivity contribution >= 4 is 39.2 Å². The number of imidazole rings is 1. The molecule has 92 valence electrons. The number of benzene rings is 1. The standard InChI is InChI=1S/C13H7BrN4S/c14-9-5-8(6-15)1-2-11(9)18-12-3-4-16-7-10(12)17-13(18)19/h1-5,7H,(H,17,19). The second kappa shape index (κ2) is 4.61. The van der Waals surface area contributed by atoms with Gasteiger partial charge in [0.2, 0.25) is 0 Å². The van der Waals surface area contributed by atoms with E-state index < -0.39 is 0 Å². The average Bonchev–Trinajstić information content (AvgIpc) is 2.75. The number of halogens is 1. The van der Waals surface area contributed by atoms with Gasteiger partial charge in [-0.05, 0) is 52.4 Å². The van der Waals surface area contributed by atoms with Crippen molar-refractivity contribution in [2.45, 2.75) is 0 Å². The van der Waals surface area contributed by atoms with Crippen LogP contribution in [0.15, 0.2) is 41.1 Å². The smallest absolute Gasteiger partial charge is 0.182 e. The number of fused-ring (bicyclic) bond motifs is 1. The highest BCUT2D eigenvalue weighted by molar-refractivity contribution is 9.10. The molecule has 0 radical (unpaired) electrons. The van der Waals surface area contributed by atoms with Gasteiger partial charge in [-0.25, -0.2) is 0 Å². The third-order valence-electron chi connectivity index (χ3n) is 2.80. The molecule has 0 amide bonds. The Kier molecular flexibility index (Phi) is 2.93. The van der Waals surface area contributed by atoms with Gasteiger partial charge in [-0.2, -0.15) is 5.26 Å². The van der Waals surface area contributed by atoms with Crippen LogP contribution in [0.1, 0.15) is 5.56 Å². The summed E-state index contributed by atoms with van der Waals surface area (Å²) in [6, 6.07) is 9.41. The minimum atomic E-state index is 0.591. The van der Waals surface area contributed by atoms with Gasteiger partial charge in [0.05, 0.1) is 34.6 Å². The second-order valence-corrected chi connectivity index (χ2v) is 5.18. The highest BCUT2D eigenvalue weighted by Gasteiger charge is 2.09. The second-order valence-electron chi connectivity index (χ2n) is 3.94. The van der Waals surface area contributed by atoms with Crippen LogP contribution in [0.25, 0.3) is 16.7 Å².